The molecule has 0 spiro atoms. The number of hydrogen-bond acceptors (Lipinski definition) is 4. The number of carboxylic acid groups (broad SMARTS) is 1. The summed E-state index contributed by atoms with van der Waals surface area (Å²) in [5.41, 5.74) is 2.14. The van der Waals surface area contributed by atoms with Crippen LogP contribution < -0.4 is 15.6 Å². The van der Waals surface area contributed by atoms with Crippen molar-refractivity contribution >= 4 is 22.6 Å². The molecule has 3 fully saturated rings. The van der Waals surface area contributed by atoms with E-state index in [9.17, 15) is 19.1 Å². The number of aromatic carboxylic acids is 1. The molecule has 2 saturated carbocycles. The van der Waals surface area contributed by atoms with Gasteiger partial charge >= 0.3 is 5.97 Å². The van der Waals surface area contributed by atoms with Crippen molar-refractivity contribution in [2.75, 3.05) is 24.5 Å². The summed E-state index contributed by atoms with van der Waals surface area (Å²) in [6.45, 7) is 7.02. The van der Waals surface area contributed by atoms with Gasteiger partial charge in [-0.15, -0.1) is 0 Å². The van der Waals surface area contributed by atoms with Crippen LogP contribution in [-0.4, -0.2) is 47.0 Å². The molecule has 2 heterocycles. The van der Waals surface area contributed by atoms with Crippen LogP contribution in [-0.2, 0) is 0 Å². The number of alkyl halides is 1. The van der Waals surface area contributed by atoms with E-state index >= 15 is 0 Å². The summed E-state index contributed by atoms with van der Waals surface area (Å²) < 4.78 is 15.6. The van der Waals surface area contributed by atoms with E-state index in [1.165, 1.54) is 19.0 Å². The predicted octanol–water partition coefficient (Wildman–Crippen LogP) is 3.26. The van der Waals surface area contributed by atoms with E-state index in [0.29, 0.717) is 23.2 Å². The third-order valence-electron chi connectivity index (χ3n) is 7.31. The number of nitrogens with one attached hydrogen (secondary N) is 1. The zero-order valence-corrected chi connectivity index (χ0v) is 17.4. The highest BCUT2D eigenvalue weighted by Crippen LogP contribution is 2.47. The van der Waals surface area contributed by atoms with Gasteiger partial charge in [-0.2, -0.15) is 0 Å². The molecule has 1 aromatic carbocycles. The van der Waals surface area contributed by atoms with Gasteiger partial charge in [0.15, 0.2) is 0 Å². The van der Waals surface area contributed by atoms with Crippen molar-refractivity contribution in [1.82, 2.24) is 9.88 Å². The van der Waals surface area contributed by atoms with Crippen LogP contribution in [0.15, 0.2) is 23.1 Å². The summed E-state index contributed by atoms with van der Waals surface area (Å²) in [7, 11) is 0. The summed E-state index contributed by atoms with van der Waals surface area (Å²) in [5, 5.41) is 13.5. The number of hydrogen-bond donors (Lipinski definition) is 2. The molecule has 1 saturated heterocycles. The smallest absolute Gasteiger partial charge is 0.341 e. The molecule has 2 aliphatic carbocycles. The molecule has 2 aromatic rings. The number of benzene rings is 1. The molecular weight excluding hydrogens is 385 g/mol. The molecule has 0 amide bonds. The normalized spacial score (nSPS) is 26.9. The Kier molecular flexibility index (Phi) is 4.43. The Balaban J connectivity index is 1.57. The van der Waals surface area contributed by atoms with Gasteiger partial charge in [-0.3, -0.25) is 4.79 Å². The highest BCUT2D eigenvalue weighted by atomic mass is 19.1. The Morgan fingerprint density at radius 3 is 2.70 bits per heavy atom. The zero-order chi connectivity index (χ0) is 21.2. The standard InChI is InChI=1S/C23H28FN3O3/c1-3-25-23(7-8-23)14-6-9-26(11-14)18-5-4-15-20(13(18)2)27(19-10-17(19)24)12-16(21(15)28)22(29)30/h4-5,12,14,17,19,25H,3,6-11H2,1-2H3,(H,29,30)/t14-,17+,19?/m1/s1. The summed E-state index contributed by atoms with van der Waals surface area (Å²) in [5.74, 6) is -0.670. The molecule has 1 aromatic heterocycles. The van der Waals surface area contributed by atoms with Crippen molar-refractivity contribution in [2.24, 2.45) is 5.92 Å². The minimum absolute atomic E-state index is 0.280. The number of pyridine rings is 1. The van der Waals surface area contributed by atoms with Crippen molar-refractivity contribution < 1.29 is 14.3 Å². The third-order valence-corrected chi connectivity index (χ3v) is 7.31. The second-order valence-electron chi connectivity index (χ2n) is 9.13. The topological polar surface area (TPSA) is 74.6 Å². The van der Waals surface area contributed by atoms with Gasteiger partial charge in [0.05, 0.1) is 11.6 Å². The first-order chi connectivity index (χ1) is 14.4. The molecule has 0 radical (unpaired) electrons. The Bertz CT molecular complexity index is 1090. The molecule has 3 aliphatic rings. The maximum Gasteiger partial charge on any atom is 0.341 e. The van der Waals surface area contributed by atoms with Gasteiger partial charge < -0.3 is 19.9 Å². The minimum Gasteiger partial charge on any atom is -0.477 e. The number of nitrogens with zero attached hydrogens (tertiary/aromatic N) is 2. The van der Waals surface area contributed by atoms with Gasteiger partial charge in [0.1, 0.15) is 11.7 Å². The van der Waals surface area contributed by atoms with Gasteiger partial charge in [-0.05, 0) is 56.3 Å². The predicted molar refractivity (Wildman–Crippen MR) is 114 cm³/mol. The lowest BCUT2D eigenvalue weighted by Crippen LogP contribution is -2.40. The summed E-state index contributed by atoms with van der Waals surface area (Å²) in [6.07, 6.45) is 4.29. The van der Waals surface area contributed by atoms with E-state index in [-0.39, 0.29) is 11.1 Å². The number of carbonyl (C=O) groups is 1. The molecule has 7 heteroatoms. The quantitative estimate of drug-likeness (QED) is 0.760. The van der Waals surface area contributed by atoms with Crippen LogP contribution in [0.25, 0.3) is 10.9 Å². The van der Waals surface area contributed by atoms with E-state index in [1.807, 2.05) is 13.0 Å². The van der Waals surface area contributed by atoms with Crippen LogP contribution in [0.3, 0.4) is 0 Å². The average molecular weight is 413 g/mol. The number of fused-ring (bicyclic) bond motifs is 1. The van der Waals surface area contributed by atoms with Gasteiger partial charge in [0.2, 0.25) is 5.43 Å². The van der Waals surface area contributed by atoms with E-state index in [1.54, 1.807) is 10.6 Å². The number of aryl methyl sites for hydroxylation is 1. The molecule has 3 atom stereocenters. The molecule has 0 bridgehead atoms. The van der Waals surface area contributed by atoms with Crippen LogP contribution in [0.1, 0.15) is 54.6 Å². The number of rotatable bonds is 6. The maximum atomic E-state index is 14.0. The first-order valence-electron chi connectivity index (χ1n) is 10.9. The average Bonchev–Trinajstić information content (AvgIpc) is 3.59. The Morgan fingerprint density at radius 1 is 1.37 bits per heavy atom. The summed E-state index contributed by atoms with van der Waals surface area (Å²) in [6, 6.07) is 3.27. The lowest BCUT2D eigenvalue weighted by atomic mass is 9.96. The Labute approximate surface area is 174 Å². The fourth-order valence-corrected chi connectivity index (χ4v) is 5.46. The highest BCUT2D eigenvalue weighted by molar-refractivity contribution is 5.95. The zero-order valence-electron chi connectivity index (χ0n) is 17.4. The summed E-state index contributed by atoms with van der Waals surface area (Å²) >= 11 is 0. The lowest BCUT2D eigenvalue weighted by molar-refractivity contribution is 0.0694. The molecule has 6 nitrogen and oxygen atoms in total. The SMILES string of the molecule is CCNC1([C@@H]2CCN(c3ccc4c(=O)c(C(=O)O)cn(C5C[C@@H]5F)c4c3C)C2)CC1. The van der Waals surface area contributed by atoms with Gasteiger partial charge in [-0.1, -0.05) is 6.92 Å². The van der Waals surface area contributed by atoms with Gasteiger partial charge in [0.25, 0.3) is 0 Å². The maximum absolute atomic E-state index is 14.0. The van der Waals surface area contributed by atoms with E-state index in [0.717, 1.165) is 37.3 Å². The number of aromatic nitrogens is 1. The number of halogens is 1. The van der Waals surface area contributed by atoms with Crippen LogP contribution in [0.5, 0.6) is 0 Å². The molecule has 1 aliphatic heterocycles. The van der Waals surface area contributed by atoms with Crippen molar-refractivity contribution in [3.63, 3.8) is 0 Å². The molecule has 2 N–H and O–H groups in total. The van der Waals surface area contributed by atoms with Crippen molar-refractivity contribution in [2.45, 2.75) is 57.3 Å². The highest BCUT2D eigenvalue weighted by Gasteiger charge is 2.50. The molecule has 5 rings (SSSR count). The molecule has 1 unspecified atom stereocenters. The first kappa shape index (κ1) is 19.5. The monoisotopic (exact) mass is 413 g/mol. The van der Waals surface area contributed by atoms with Crippen molar-refractivity contribution in [3.05, 3.63) is 39.7 Å². The van der Waals surface area contributed by atoms with Gasteiger partial charge in [-0.25, -0.2) is 9.18 Å². The number of carboxylic acids is 1. The second-order valence-corrected chi connectivity index (χ2v) is 9.13. The lowest BCUT2D eigenvalue weighted by Gasteiger charge is -2.26. The van der Waals surface area contributed by atoms with Crippen LogP contribution in [0, 0.1) is 12.8 Å². The fourth-order valence-electron chi connectivity index (χ4n) is 5.46. The van der Waals surface area contributed by atoms with Crippen molar-refractivity contribution in [1.29, 1.82) is 0 Å². The molecular formula is C23H28FN3O3. The largest absolute Gasteiger partial charge is 0.477 e. The molecule has 30 heavy (non-hydrogen) atoms. The van der Waals surface area contributed by atoms with E-state index in [4.69, 9.17) is 0 Å². The van der Waals surface area contributed by atoms with Crippen LogP contribution in [0.2, 0.25) is 0 Å². The summed E-state index contributed by atoms with van der Waals surface area (Å²) in [4.78, 5) is 26.7. The minimum atomic E-state index is -1.27. The fraction of sp³-hybridized carbons (Fsp3) is 0.565. The van der Waals surface area contributed by atoms with E-state index < -0.39 is 23.6 Å². The molecule has 160 valence electrons. The third kappa shape index (κ3) is 2.94. The van der Waals surface area contributed by atoms with Crippen molar-refractivity contribution in [3.8, 4) is 0 Å². The Hall–Kier alpha value is -2.41. The first-order valence-corrected chi connectivity index (χ1v) is 10.9. The Morgan fingerprint density at radius 2 is 2.10 bits per heavy atom. The van der Waals surface area contributed by atoms with Crippen LogP contribution in [0.4, 0.5) is 10.1 Å². The second kappa shape index (κ2) is 6.80. The van der Waals surface area contributed by atoms with Crippen LogP contribution >= 0.6 is 0 Å². The number of anilines is 1. The van der Waals surface area contributed by atoms with E-state index in [2.05, 4.69) is 17.1 Å². The van der Waals surface area contributed by atoms with Gasteiger partial charge in [0, 0.05) is 42.3 Å².